The summed E-state index contributed by atoms with van der Waals surface area (Å²) in [5, 5.41) is -0.213. The first kappa shape index (κ1) is 15.9. The lowest BCUT2D eigenvalue weighted by molar-refractivity contribution is 0.340. The number of ether oxygens (including phenoxy) is 1. The Kier molecular flexibility index (Phi) is 5.53. The fraction of sp³-hybridized carbons (Fsp3) is 0.250. The molecule has 0 aliphatic rings. The molecule has 1 nitrogen and oxygen atoms in total. The Morgan fingerprint density at radius 1 is 1.05 bits per heavy atom. The minimum absolute atomic E-state index is 0.213. The Balaban J connectivity index is 2.35. The molecule has 0 saturated heterocycles. The highest BCUT2D eigenvalue weighted by molar-refractivity contribution is 9.10. The van der Waals surface area contributed by atoms with Crippen molar-refractivity contribution in [3.05, 3.63) is 62.0 Å². The molecule has 1 atom stereocenters. The largest absolute Gasteiger partial charge is 0.494 e. The van der Waals surface area contributed by atoms with Crippen LogP contribution in [-0.2, 0) is 0 Å². The quantitative estimate of drug-likeness (QED) is 0.534. The average molecular weight is 419 g/mol. The third-order valence-electron chi connectivity index (χ3n) is 2.98. The normalized spacial score (nSPS) is 12.2. The van der Waals surface area contributed by atoms with Crippen LogP contribution in [0.15, 0.2) is 45.3 Å². The summed E-state index contributed by atoms with van der Waals surface area (Å²) < 4.78 is 7.46. The van der Waals surface area contributed by atoms with Crippen LogP contribution in [0.25, 0.3) is 0 Å². The van der Waals surface area contributed by atoms with Crippen molar-refractivity contribution in [3.63, 3.8) is 0 Å². The second-order valence-electron chi connectivity index (χ2n) is 4.50. The third-order valence-corrected chi connectivity index (χ3v) is 4.83. The maximum Gasteiger partial charge on any atom is 0.120 e. The summed E-state index contributed by atoms with van der Waals surface area (Å²) in [7, 11) is 0. The van der Waals surface area contributed by atoms with Crippen LogP contribution in [-0.4, -0.2) is 6.61 Å². The number of alkyl halides is 1. The molecule has 0 heterocycles. The fourth-order valence-electron chi connectivity index (χ4n) is 1.98. The average Bonchev–Trinajstić information content (AvgIpc) is 2.38. The Morgan fingerprint density at radius 3 is 2.20 bits per heavy atom. The van der Waals surface area contributed by atoms with Gasteiger partial charge in [0.2, 0.25) is 0 Å². The molecule has 4 heteroatoms. The summed E-state index contributed by atoms with van der Waals surface area (Å²) in [5.74, 6) is 0.843. The molecule has 0 aromatic heterocycles. The zero-order valence-electron chi connectivity index (χ0n) is 11.3. The number of benzene rings is 2. The van der Waals surface area contributed by atoms with E-state index in [0.717, 1.165) is 25.8 Å². The molecule has 0 aliphatic heterocycles. The molecule has 0 radical (unpaired) electrons. The number of hydrogen-bond donors (Lipinski definition) is 0. The van der Waals surface area contributed by atoms with Crippen LogP contribution < -0.4 is 4.74 Å². The summed E-state index contributed by atoms with van der Waals surface area (Å²) >= 11 is 13.8. The monoisotopic (exact) mass is 416 g/mol. The molecule has 2 aromatic carbocycles. The van der Waals surface area contributed by atoms with Crippen molar-refractivity contribution in [2.24, 2.45) is 0 Å². The van der Waals surface area contributed by atoms with E-state index in [1.807, 2.05) is 25.1 Å². The maximum absolute atomic E-state index is 6.62. The molecule has 0 bridgehead atoms. The van der Waals surface area contributed by atoms with Crippen molar-refractivity contribution in [3.8, 4) is 5.75 Å². The second-order valence-corrected chi connectivity index (χ2v) is 6.65. The standard InChI is InChI=1S/C16H15Br2ClO/c1-3-20-11-5-7-13(15(18)9-11)16(19)12-6-4-10(2)8-14(12)17/h4-9,16H,3H2,1-2H3. The molecule has 106 valence electrons. The molecule has 0 N–H and O–H groups in total. The van der Waals surface area contributed by atoms with Crippen LogP contribution in [0.3, 0.4) is 0 Å². The van der Waals surface area contributed by atoms with Crippen LogP contribution in [0.4, 0.5) is 0 Å². The van der Waals surface area contributed by atoms with Crippen LogP contribution in [0.1, 0.15) is 29.0 Å². The van der Waals surface area contributed by atoms with Gasteiger partial charge in [-0.15, -0.1) is 11.6 Å². The van der Waals surface area contributed by atoms with Gasteiger partial charge in [0, 0.05) is 8.95 Å². The van der Waals surface area contributed by atoms with Gasteiger partial charge in [0.05, 0.1) is 12.0 Å². The van der Waals surface area contributed by atoms with Crippen LogP contribution in [0, 0.1) is 6.92 Å². The van der Waals surface area contributed by atoms with E-state index in [9.17, 15) is 0 Å². The molecule has 1 unspecified atom stereocenters. The van der Waals surface area contributed by atoms with Gasteiger partial charge in [0.15, 0.2) is 0 Å². The lowest BCUT2D eigenvalue weighted by Crippen LogP contribution is -1.98. The Labute approximate surface area is 141 Å². The van der Waals surface area contributed by atoms with Crippen LogP contribution in [0.5, 0.6) is 5.75 Å². The highest BCUT2D eigenvalue weighted by Crippen LogP contribution is 2.38. The molecule has 0 amide bonds. The first-order chi connectivity index (χ1) is 9.52. The van der Waals surface area contributed by atoms with E-state index in [2.05, 4.69) is 57.0 Å². The Morgan fingerprint density at radius 2 is 1.65 bits per heavy atom. The first-order valence-electron chi connectivity index (χ1n) is 6.35. The van der Waals surface area contributed by atoms with E-state index >= 15 is 0 Å². The maximum atomic E-state index is 6.62. The summed E-state index contributed by atoms with van der Waals surface area (Å²) in [6, 6.07) is 12.1. The smallest absolute Gasteiger partial charge is 0.120 e. The van der Waals surface area contributed by atoms with Crippen LogP contribution >= 0.6 is 43.5 Å². The lowest BCUT2D eigenvalue weighted by atomic mass is 10.0. The highest BCUT2D eigenvalue weighted by atomic mass is 79.9. The van der Waals surface area contributed by atoms with E-state index in [4.69, 9.17) is 16.3 Å². The fourth-order valence-corrected chi connectivity index (χ4v) is 3.93. The van der Waals surface area contributed by atoms with Gasteiger partial charge < -0.3 is 4.74 Å². The SMILES string of the molecule is CCOc1ccc(C(Cl)c2ccc(C)cc2Br)c(Br)c1. The minimum Gasteiger partial charge on any atom is -0.494 e. The third kappa shape index (κ3) is 3.57. The van der Waals surface area contributed by atoms with Crippen molar-refractivity contribution in [1.29, 1.82) is 0 Å². The van der Waals surface area contributed by atoms with Gasteiger partial charge in [-0.05, 0) is 48.7 Å². The van der Waals surface area contributed by atoms with E-state index in [-0.39, 0.29) is 5.38 Å². The molecular weight excluding hydrogens is 403 g/mol. The van der Waals surface area contributed by atoms with E-state index < -0.39 is 0 Å². The van der Waals surface area contributed by atoms with E-state index in [0.29, 0.717) is 6.61 Å². The van der Waals surface area contributed by atoms with Gasteiger partial charge in [-0.3, -0.25) is 0 Å². The molecule has 0 aliphatic carbocycles. The predicted octanol–water partition coefficient (Wildman–Crippen LogP) is 6.25. The first-order valence-corrected chi connectivity index (χ1v) is 8.37. The molecule has 2 rings (SSSR count). The number of rotatable bonds is 4. The molecular formula is C16H15Br2ClO. The minimum atomic E-state index is -0.213. The lowest BCUT2D eigenvalue weighted by Gasteiger charge is -2.15. The summed E-state index contributed by atoms with van der Waals surface area (Å²) in [6.45, 7) is 4.68. The summed E-state index contributed by atoms with van der Waals surface area (Å²) in [6.07, 6.45) is 0. The predicted molar refractivity (Wildman–Crippen MR) is 91.9 cm³/mol. The molecule has 20 heavy (non-hydrogen) atoms. The zero-order chi connectivity index (χ0) is 14.7. The molecule has 2 aromatic rings. The van der Waals surface area contributed by atoms with Gasteiger partial charge >= 0.3 is 0 Å². The van der Waals surface area contributed by atoms with Gasteiger partial charge in [-0.1, -0.05) is 50.1 Å². The van der Waals surface area contributed by atoms with E-state index in [1.54, 1.807) is 0 Å². The zero-order valence-corrected chi connectivity index (χ0v) is 15.2. The van der Waals surface area contributed by atoms with Gasteiger partial charge in [0.1, 0.15) is 5.75 Å². The van der Waals surface area contributed by atoms with Crippen molar-refractivity contribution >= 4 is 43.5 Å². The van der Waals surface area contributed by atoms with Gasteiger partial charge in [-0.2, -0.15) is 0 Å². The van der Waals surface area contributed by atoms with Crippen molar-refractivity contribution in [1.82, 2.24) is 0 Å². The molecule has 0 spiro atoms. The van der Waals surface area contributed by atoms with Crippen LogP contribution in [0.2, 0.25) is 0 Å². The van der Waals surface area contributed by atoms with Crippen molar-refractivity contribution in [2.75, 3.05) is 6.61 Å². The van der Waals surface area contributed by atoms with E-state index in [1.165, 1.54) is 5.56 Å². The number of hydrogen-bond acceptors (Lipinski definition) is 1. The Bertz CT molecular complexity index is 613. The number of aryl methyl sites for hydroxylation is 1. The highest BCUT2D eigenvalue weighted by Gasteiger charge is 2.17. The number of halogens is 3. The van der Waals surface area contributed by atoms with Crippen molar-refractivity contribution in [2.45, 2.75) is 19.2 Å². The molecule has 0 fully saturated rings. The summed E-state index contributed by atoms with van der Waals surface area (Å²) in [4.78, 5) is 0. The van der Waals surface area contributed by atoms with Gasteiger partial charge in [0.25, 0.3) is 0 Å². The molecule has 0 saturated carbocycles. The van der Waals surface area contributed by atoms with Gasteiger partial charge in [-0.25, -0.2) is 0 Å². The second kappa shape index (κ2) is 6.97. The van der Waals surface area contributed by atoms with Crippen molar-refractivity contribution < 1.29 is 4.74 Å². The topological polar surface area (TPSA) is 9.23 Å². The summed E-state index contributed by atoms with van der Waals surface area (Å²) in [5.41, 5.74) is 3.29. The Hall–Kier alpha value is -0.510.